The van der Waals surface area contributed by atoms with Crippen molar-refractivity contribution in [1.29, 1.82) is 0 Å². The quantitative estimate of drug-likeness (QED) is 0.582. The van der Waals surface area contributed by atoms with E-state index in [4.69, 9.17) is 0 Å². The molecular formula is C8H15F2N2-. The molecule has 12 heavy (non-hydrogen) atoms. The fraction of sp³-hybridized carbons (Fsp3) is 0.875. The zero-order valence-corrected chi connectivity index (χ0v) is 7.39. The molecule has 0 aliphatic carbocycles. The highest BCUT2D eigenvalue weighted by molar-refractivity contribution is 4.74. The van der Waals surface area contributed by atoms with Crippen LogP contribution in [0.2, 0.25) is 0 Å². The highest BCUT2D eigenvalue weighted by Crippen LogP contribution is 2.14. The van der Waals surface area contributed by atoms with Crippen LogP contribution in [0.1, 0.15) is 6.92 Å². The second kappa shape index (κ2) is 3.66. The van der Waals surface area contributed by atoms with Gasteiger partial charge in [-0.15, -0.1) is 0 Å². The van der Waals surface area contributed by atoms with Crippen LogP contribution in [0.3, 0.4) is 0 Å². The van der Waals surface area contributed by atoms with E-state index in [-0.39, 0.29) is 6.54 Å². The predicted octanol–water partition coefficient (Wildman–Crippen LogP) is 1.05. The summed E-state index contributed by atoms with van der Waals surface area (Å²) in [5, 5.41) is 0. The number of rotatable bonds is 2. The van der Waals surface area contributed by atoms with Crippen LogP contribution >= 0.6 is 0 Å². The van der Waals surface area contributed by atoms with Gasteiger partial charge in [-0.2, -0.15) is 0 Å². The molecule has 1 aliphatic rings. The number of hydrogen-bond acceptors (Lipinski definition) is 2. The Labute approximate surface area is 72.1 Å². The summed E-state index contributed by atoms with van der Waals surface area (Å²) in [6, 6.07) is 0. The lowest BCUT2D eigenvalue weighted by atomic mass is 10.3. The van der Waals surface area contributed by atoms with E-state index in [0.29, 0.717) is 13.1 Å². The largest absolute Gasteiger partial charge is 0.457 e. The van der Waals surface area contributed by atoms with Crippen LogP contribution in [0.15, 0.2) is 0 Å². The smallest absolute Gasteiger partial charge is 0.257 e. The molecule has 0 radical (unpaired) electrons. The molecule has 1 saturated heterocycles. The number of hydrogen-bond donors (Lipinski definition) is 0. The zero-order valence-electron chi connectivity index (χ0n) is 7.39. The number of alkyl halides is 2. The minimum atomic E-state index is -2.57. The molecular weight excluding hydrogens is 162 g/mol. The van der Waals surface area contributed by atoms with E-state index in [9.17, 15) is 8.78 Å². The summed E-state index contributed by atoms with van der Waals surface area (Å²) in [6.45, 7) is 3.82. The standard InChI is InChI=1S/C8H15F2N2/c1-8(9,10)7-12-5-3-11(2)4-6-12/h2-7H2,1H3/q-1. The summed E-state index contributed by atoms with van der Waals surface area (Å²) >= 11 is 0. The summed E-state index contributed by atoms with van der Waals surface area (Å²) in [5.74, 6) is -2.57. The Hall–Kier alpha value is -0.220. The molecule has 0 bridgehead atoms. The first-order chi connectivity index (χ1) is 5.47. The molecule has 1 aliphatic heterocycles. The molecule has 1 rings (SSSR count). The molecule has 0 aromatic carbocycles. The summed E-state index contributed by atoms with van der Waals surface area (Å²) < 4.78 is 25.1. The van der Waals surface area contributed by atoms with Crippen LogP contribution in [0.5, 0.6) is 0 Å². The molecule has 0 unspecified atom stereocenters. The molecule has 0 spiro atoms. The molecule has 0 amide bonds. The highest BCUT2D eigenvalue weighted by Gasteiger charge is 2.25. The average Bonchev–Trinajstić information content (AvgIpc) is 1.91. The van der Waals surface area contributed by atoms with E-state index >= 15 is 0 Å². The molecule has 72 valence electrons. The average molecular weight is 177 g/mol. The van der Waals surface area contributed by atoms with Crippen LogP contribution in [-0.4, -0.2) is 48.4 Å². The maximum atomic E-state index is 12.5. The molecule has 0 aromatic rings. The topological polar surface area (TPSA) is 6.48 Å². The maximum Gasteiger partial charge on any atom is 0.257 e. The van der Waals surface area contributed by atoms with Crippen molar-refractivity contribution in [2.75, 3.05) is 32.7 Å². The van der Waals surface area contributed by atoms with Gasteiger partial charge in [0.25, 0.3) is 5.92 Å². The molecule has 2 nitrogen and oxygen atoms in total. The lowest BCUT2D eigenvalue weighted by molar-refractivity contribution is -0.0229. The van der Waals surface area contributed by atoms with Gasteiger partial charge in [0.1, 0.15) is 0 Å². The van der Waals surface area contributed by atoms with Crippen LogP contribution in [-0.2, 0) is 0 Å². The van der Waals surface area contributed by atoms with Crippen molar-refractivity contribution in [3.63, 3.8) is 0 Å². The monoisotopic (exact) mass is 177 g/mol. The van der Waals surface area contributed by atoms with Crippen molar-refractivity contribution in [3.05, 3.63) is 7.05 Å². The lowest BCUT2D eigenvalue weighted by Crippen LogP contribution is -2.47. The van der Waals surface area contributed by atoms with Crippen molar-refractivity contribution < 1.29 is 8.78 Å². The Kier molecular flexibility index (Phi) is 3.01. The van der Waals surface area contributed by atoms with Gasteiger partial charge >= 0.3 is 0 Å². The van der Waals surface area contributed by atoms with Crippen LogP contribution < -0.4 is 0 Å². The van der Waals surface area contributed by atoms with Crippen LogP contribution in [0, 0.1) is 7.05 Å². The number of halogens is 2. The van der Waals surface area contributed by atoms with Crippen molar-refractivity contribution in [1.82, 2.24) is 9.80 Å². The summed E-state index contributed by atoms with van der Waals surface area (Å²) in [4.78, 5) is 3.69. The minimum absolute atomic E-state index is 0.124. The molecule has 0 saturated carbocycles. The van der Waals surface area contributed by atoms with Gasteiger partial charge in [0.2, 0.25) is 0 Å². The van der Waals surface area contributed by atoms with E-state index in [1.165, 1.54) is 0 Å². The van der Waals surface area contributed by atoms with Crippen molar-refractivity contribution in [2.24, 2.45) is 0 Å². The third-order valence-electron chi connectivity index (χ3n) is 1.97. The second-order valence-corrected chi connectivity index (χ2v) is 3.46. The fourth-order valence-electron chi connectivity index (χ4n) is 1.34. The number of nitrogens with zero attached hydrogens (tertiary/aromatic N) is 2. The first-order valence-corrected chi connectivity index (χ1v) is 4.13. The zero-order chi connectivity index (χ0) is 9.19. The first-order valence-electron chi connectivity index (χ1n) is 4.13. The first kappa shape index (κ1) is 9.86. The fourth-order valence-corrected chi connectivity index (χ4v) is 1.34. The third-order valence-corrected chi connectivity index (χ3v) is 1.97. The lowest BCUT2D eigenvalue weighted by Gasteiger charge is -2.37. The van der Waals surface area contributed by atoms with Crippen molar-refractivity contribution in [3.8, 4) is 0 Å². The van der Waals surface area contributed by atoms with Crippen molar-refractivity contribution >= 4 is 0 Å². The van der Waals surface area contributed by atoms with Gasteiger partial charge in [0, 0.05) is 20.0 Å². The predicted molar refractivity (Wildman–Crippen MR) is 44.0 cm³/mol. The van der Waals surface area contributed by atoms with E-state index in [1.807, 2.05) is 4.90 Å². The Morgan fingerprint density at radius 3 is 2.17 bits per heavy atom. The Balaban J connectivity index is 2.26. The maximum absolute atomic E-state index is 12.5. The summed E-state index contributed by atoms with van der Waals surface area (Å²) in [5.41, 5.74) is 0. The third kappa shape index (κ3) is 3.45. The van der Waals surface area contributed by atoms with Crippen LogP contribution in [0.4, 0.5) is 8.78 Å². The Bertz CT molecular complexity index is 136. The van der Waals surface area contributed by atoms with E-state index in [2.05, 4.69) is 7.05 Å². The summed E-state index contributed by atoms with van der Waals surface area (Å²) in [7, 11) is 3.75. The van der Waals surface area contributed by atoms with Gasteiger partial charge in [0.05, 0.1) is 6.54 Å². The molecule has 0 N–H and O–H groups in total. The molecule has 1 fully saturated rings. The molecule has 0 atom stereocenters. The number of piperazine rings is 1. The molecule has 0 aromatic heterocycles. The SMILES string of the molecule is [CH2-]N1CCN(CC(C)(F)F)CC1. The second-order valence-electron chi connectivity index (χ2n) is 3.46. The van der Waals surface area contributed by atoms with E-state index in [1.54, 1.807) is 4.90 Å². The van der Waals surface area contributed by atoms with Gasteiger partial charge < -0.3 is 4.90 Å². The Morgan fingerprint density at radius 2 is 1.75 bits per heavy atom. The van der Waals surface area contributed by atoms with Crippen LogP contribution in [0.25, 0.3) is 0 Å². The van der Waals surface area contributed by atoms with Gasteiger partial charge in [0.15, 0.2) is 0 Å². The highest BCUT2D eigenvalue weighted by atomic mass is 19.3. The van der Waals surface area contributed by atoms with Gasteiger partial charge in [-0.3, -0.25) is 11.9 Å². The van der Waals surface area contributed by atoms with Gasteiger partial charge in [-0.05, 0) is 13.1 Å². The van der Waals surface area contributed by atoms with E-state index in [0.717, 1.165) is 20.0 Å². The minimum Gasteiger partial charge on any atom is -0.457 e. The van der Waals surface area contributed by atoms with Gasteiger partial charge in [-0.1, -0.05) is 0 Å². The van der Waals surface area contributed by atoms with Crippen molar-refractivity contribution in [2.45, 2.75) is 12.8 Å². The van der Waals surface area contributed by atoms with E-state index < -0.39 is 5.92 Å². The molecule has 4 heteroatoms. The molecule has 1 heterocycles. The summed E-state index contributed by atoms with van der Waals surface area (Å²) in [6.07, 6.45) is 0. The normalized spacial score (nSPS) is 23.0. The van der Waals surface area contributed by atoms with Gasteiger partial charge in [-0.25, -0.2) is 8.78 Å². The Morgan fingerprint density at radius 1 is 1.25 bits per heavy atom.